The summed E-state index contributed by atoms with van der Waals surface area (Å²) in [5, 5.41) is 15.2. The molecule has 1 aliphatic heterocycles. The fourth-order valence-electron chi connectivity index (χ4n) is 3.80. The summed E-state index contributed by atoms with van der Waals surface area (Å²) in [6.45, 7) is 8.62. The Labute approximate surface area is 173 Å². The minimum Gasteiger partial charge on any atom is -0.492 e. The molecule has 8 nitrogen and oxygen atoms in total. The van der Waals surface area contributed by atoms with E-state index < -0.39 is 0 Å². The molecule has 0 aliphatic carbocycles. The van der Waals surface area contributed by atoms with Crippen LogP contribution in [0.1, 0.15) is 34.8 Å². The fraction of sp³-hybridized carbons (Fsp3) is 0.450. The van der Waals surface area contributed by atoms with Gasteiger partial charge in [-0.15, -0.1) is 5.10 Å². The van der Waals surface area contributed by atoms with Gasteiger partial charge in [0.05, 0.1) is 17.5 Å². The number of ether oxygens (including phenoxy) is 1. The molecule has 1 fully saturated rings. The molecule has 2 aromatic heterocycles. The predicted molar refractivity (Wildman–Crippen MR) is 110 cm³/mol. The zero-order chi connectivity index (χ0) is 20.5. The topological polar surface area (TPSA) is 83.2 Å². The Kier molecular flexibility index (Phi) is 5.42. The van der Waals surface area contributed by atoms with Gasteiger partial charge in [0.15, 0.2) is 0 Å². The lowest BCUT2D eigenvalue weighted by Crippen LogP contribution is -2.50. The van der Waals surface area contributed by atoms with Crippen LogP contribution in [-0.4, -0.2) is 68.4 Å². The third-order valence-electron chi connectivity index (χ3n) is 5.24. The molecule has 0 radical (unpaired) electrons. The molecule has 4 rings (SSSR count). The van der Waals surface area contributed by atoms with Crippen LogP contribution in [0.5, 0.6) is 5.88 Å². The molecule has 154 valence electrons. The van der Waals surface area contributed by atoms with Crippen LogP contribution in [0.4, 0.5) is 4.79 Å². The van der Waals surface area contributed by atoms with Crippen LogP contribution in [0.2, 0.25) is 0 Å². The van der Waals surface area contributed by atoms with Crippen LogP contribution >= 0.6 is 11.3 Å². The molecule has 0 saturated carbocycles. The monoisotopic (exact) mass is 415 g/mol. The van der Waals surface area contributed by atoms with Crippen molar-refractivity contribution >= 4 is 22.4 Å². The third kappa shape index (κ3) is 3.67. The normalized spacial score (nSPS) is 16.3. The molecule has 0 unspecified atom stereocenters. The van der Waals surface area contributed by atoms with Crippen LogP contribution < -0.4 is 0 Å². The number of piperazine rings is 1. The van der Waals surface area contributed by atoms with Gasteiger partial charge < -0.3 is 14.7 Å². The van der Waals surface area contributed by atoms with Crippen molar-refractivity contribution in [2.45, 2.75) is 26.8 Å². The minimum absolute atomic E-state index is 0.130. The first kappa shape index (κ1) is 19.7. The molecule has 0 spiro atoms. The highest BCUT2D eigenvalue weighted by molar-refractivity contribution is 7.17. The lowest BCUT2D eigenvalue weighted by atomic mass is 9.98. The Morgan fingerprint density at radius 1 is 1.24 bits per heavy atom. The number of carbonyl (C=O) groups excluding carboxylic acids is 1. The van der Waals surface area contributed by atoms with Gasteiger partial charge in [0.2, 0.25) is 10.8 Å². The van der Waals surface area contributed by atoms with Crippen LogP contribution in [0.25, 0.3) is 4.96 Å². The van der Waals surface area contributed by atoms with Gasteiger partial charge in [-0.05, 0) is 31.9 Å². The van der Waals surface area contributed by atoms with Gasteiger partial charge in [0.25, 0.3) is 0 Å². The van der Waals surface area contributed by atoms with E-state index in [0.29, 0.717) is 43.6 Å². The Balaban J connectivity index is 1.69. The molecule has 1 aromatic carbocycles. The van der Waals surface area contributed by atoms with Crippen molar-refractivity contribution in [1.82, 2.24) is 24.4 Å². The standard InChI is InChI=1S/C20H25N5O3S/c1-4-28-20(27)24-11-9-23(10-12-24)16(15-8-6-5-7-13(15)2)17-18(26)25-19(29-17)21-14(3)22-25/h5-8,16,26H,4,9-12H2,1-3H3/t16-/m0/s1. The zero-order valence-corrected chi connectivity index (χ0v) is 17.6. The Morgan fingerprint density at radius 2 is 1.97 bits per heavy atom. The summed E-state index contributed by atoms with van der Waals surface area (Å²) < 4.78 is 6.65. The molecule has 1 amide bonds. The third-order valence-corrected chi connectivity index (χ3v) is 6.31. The maximum absolute atomic E-state index is 12.1. The van der Waals surface area contributed by atoms with Gasteiger partial charge >= 0.3 is 6.09 Å². The van der Waals surface area contributed by atoms with Crippen molar-refractivity contribution < 1.29 is 14.6 Å². The number of hydrogen-bond donors (Lipinski definition) is 1. The van der Waals surface area contributed by atoms with E-state index in [2.05, 4.69) is 34.0 Å². The minimum atomic E-state index is -0.267. The highest BCUT2D eigenvalue weighted by Gasteiger charge is 2.33. The molecule has 29 heavy (non-hydrogen) atoms. The smallest absolute Gasteiger partial charge is 0.409 e. The first-order valence-corrected chi connectivity index (χ1v) is 10.6. The molecular weight excluding hydrogens is 390 g/mol. The number of benzene rings is 1. The van der Waals surface area contributed by atoms with Gasteiger partial charge in [-0.1, -0.05) is 35.6 Å². The second-order valence-electron chi connectivity index (χ2n) is 7.12. The van der Waals surface area contributed by atoms with E-state index in [0.717, 1.165) is 16.0 Å². The number of aromatic hydroxyl groups is 1. The molecule has 3 heterocycles. The fourth-order valence-corrected chi connectivity index (χ4v) is 4.95. The number of carbonyl (C=O) groups is 1. The van der Waals surface area contributed by atoms with Crippen molar-refractivity contribution in [3.63, 3.8) is 0 Å². The Morgan fingerprint density at radius 3 is 2.62 bits per heavy atom. The number of rotatable bonds is 4. The summed E-state index contributed by atoms with van der Waals surface area (Å²) >= 11 is 1.46. The summed E-state index contributed by atoms with van der Waals surface area (Å²) in [6.07, 6.45) is -0.267. The van der Waals surface area contributed by atoms with E-state index in [4.69, 9.17) is 4.74 Å². The molecule has 9 heteroatoms. The number of fused-ring (bicyclic) bond motifs is 1. The molecular formula is C20H25N5O3S. The molecule has 1 N–H and O–H groups in total. The maximum Gasteiger partial charge on any atom is 0.409 e. The van der Waals surface area contributed by atoms with E-state index in [9.17, 15) is 9.90 Å². The average molecular weight is 416 g/mol. The SMILES string of the molecule is CCOC(=O)N1CCN([C@@H](c2ccccc2C)c2sc3nc(C)nn3c2O)CC1. The van der Waals surface area contributed by atoms with Crippen molar-refractivity contribution in [3.8, 4) is 5.88 Å². The largest absolute Gasteiger partial charge is 0.492 e. The quantitative estimate of drug-likeness (QED) is 0.705. The summed E-state index contributed by atoms with van der Waals surface area (Å²) in [5.41, 5.74) is 2.29. The van der Waals surface area contributed by atoms with E-state index in [1.165, 1.54) is 15.9 Å². The number of thiazole rings is 1. The number of hydrogen-bond acceptors (Lipinski definition) is 7. The van der Waals surface area contributed by atoms with Crippen molar-refractivity contribution in [2.24, 2.45) is 0 Å². The van der Waals surface area contributed by atoms with Crippen molar-refractivity contribution in [1.29, 1.82) is 0 Å². The molecule has 3 aromatic rings. The number of nitrogens with zero attached hydrogens (tertiary/aromatic N) is 5. The molecule has 0 bridgehead atoms. The van der Waals surface area contributed by atoms with E-state index in [-0.39, 0.29) is 18.0 Å². The van der Waals surface area contributed by atoms with Crippen molar-refractivity contribution in [2.75, 3.05) is 32.8 Å². The second kappa shape index (κ2) is 8.00. The van der Waals surface area contributed by atoms with Gasteiger partial charge in [-0.2, -0.15) is 4.52 Å². The highest BCUT2D eigenvalue weighted by atomic mass is 32.1. The maximum atomic E-state index is 12.1. The summed E-state index contributed by atoms with van der Waals surface area (Å²) in [6, 6.07) is 8.07. The van der Waals surface area contributed by atoms with Gasteiger partial charge in [0, 0.05) is 26.2 Å². The van der Waals surface area contributed by atoms with Crippen LogP contribution in [0.3, 0.4) is 0 Å². The molecule has 1 saturated heterocycles. The summed E-state index contributed by atoms with van der Waals surface area (Å²) in [5.74, 6) is 0.764. The number of aromatic nitrogens is 3. The first-order chi connectivity index (χ1) is 14.0. The van der Waals surface area contributed by atoms with E-state index >= 15 is 0 Å². The lowest BCUT2D eigenvalue weighted by molar-refractivity contribution is 0.0714. The molecule has 1 aliphatic rings. The van der Waals surface area contributed by atoms with E-state index in [1.807, 2.05) is 26.0 Å². The van der Waals surface area contributed by atoms with Gasteiger partial charge in [-0.3, -0.25) is 4.90 Å². The number of aryl methyl sites for hydroxylation is 2. The van der Waals surface area contributed by atoms with Crippen molar-refractivity contribution in [3.05, 3.63) is 46.1 Å². The number of amides is 1. The Bertz CT molecular complexity index is 1020. The molecule has 1 atom stereocenters. The highest BCUT2D eigenvalue weighted by Crippen LogP contribution is 2.41. The first-order valence-electron chi connectivity index (χ1n) is 9.76. The van der Waals surface area contributed by atoms with Gasteiger partial charge in [0.1, 0.15) is 5.82 Å². The Hall–Kier alpha value is -2.65. The van der Waals surface area contributed by atoms with Crippen LogP contribution in [0.15, 0.2) is 24.3 Å². The van der Waals surface area contributed by atoms with Crippen LogP contribution in [0, 0.1) is 13.8 Å². The van der Waals surface area contributed by atoms with Gasteiger partial charge in [-0.25, -0.2) is 9.78 Å². The summed E-state index contributed by atoms with van der Waals surface area (Å²) in [4.78, 5) is 22.0. The summed E-state index contributed by atoms with van der Waals surface area (Å²) in [7, 11) is 0. The zero-order valence-electron chi connectivity index (χ0n) is 16.8. The predicted octanol–water partition coefficient (Wildman–Crippen LogP) is 2.98. The average Bonchev–Trinajstić information content (AvgIpc) is 3.22. The second-order valence-corrected chi connectivity index (χ2v) is 8.13. The van der Waals surface area contributed by atoms with E-state index in [1.54, 1.807) is 4.90 Å². The van der Waals surface area contributed by atoms with Crippen LogP contribution in [-0.2, 0) is 4.74 Å². The lowest BCUT2D eigenvalue weighted by Gasteiger charge is -2.39.